The molecule has 0 saturated carbocycles. The molecule has 0 saturated heterocycles. The number of hydrogen-bond donors (Lipinski definition) is 1. The van der Waals surface area contributed by atoms with Gasteiger partial charge in [0, 0.05) is 12.2 Å². The van der Waals surface area contributed by atoms with Gasteiger partial charge < -0.3 is 5.73 Å². The zero-order valence-corrected chi connectivity index (χ0v) is 6.83. The van der Waals surface area contributed by atoms with E-state index < -0.39 is 0 Å². The third-order valence-electron chi connectivity index (χ3n) is 1.11. The number of nitrogens with zero attached hydrogens (tertiary/aromatic N) is 1. The summed E-state index contributed by atoms with van der Waals surface area (Å²) in [5.41, 5.74) is 6.40. The van der Waals surface area contributed by atoms with E-state index in [1.807, 2.05) is 13.0 Å². The molecule has 2 heteroatoms. The standard InChI is InChI=1S/C9H14N2/c1-4-6-7-9(8(3)10)11-5-2/h4-8H,1-2,10H2,3H3/b7-6-,11-9+/t8-/m1/s1. The lowest BCUT2D eigenvalue weighted by Crippen LogP contribution is -2.24. The summed E-state index contributed by atoms with van der Waals surface area (Å²) in [7, 11) is 0. The average Bonchev–Trinajstić information content (AvgIpc) is 1.97. The van der Waals surface area contributed by atoms with Crippen LogP contribution in [0.15, 0.2) is 42.6 Å². The zero-order chi connectivity index (χ0) is 8.69. The van der Waals surface area contributed by atoms with Gasteiger partial charge >= 0.3 is 0 Å². The number of allylic oxidation sites excluding steroid dienone is 2. The van der Waals surface area contributed by atoms with Gasteiger partial charge in [-0.2, -0.15) is 0 Å². The molecule has 2 nitrogen and oxygen atoms in total. The Kier molecular flexibility index (Phi) is 5.03. The summed E-state index contributed by atoms with van der Waals surface area (Å²) in [6, 6.07) is -0.0656. The Hall–Kier alpha value is -1.15. The number of nitrogens with two attached hydrogens (primary N) is 1. The maximum Gasteiger partial charge on any atom is 0.0567 e. The highest BCUT2D eigenvalue weighted by atomic mass is 14.8. The first kappa shape index (κ1) is 9.85. The van der Waals surface area contributed by atoms with Crippen LogP contribution in [-0.2, 0) is 0 Å². The molecule has 1 atom stereocenters. The van der Waals surface area contributed by atoms with Gasteiger partial charge in [0.25, 0.3) is 0 Å². The van der Waals surface area contributed by atoms with Crippen molar-refractivity contribution in [3.63, 3.8) is 0 Å². The van der Waals surface area contributed by atoms with E-state index in [4.69, 9.17) is 5.73 Å². The predicted octanol–water partition coefficient (Wildman–Crippen LogP) is 1.66. The zero-order valence-electron chi connectivity index (χ0n) is 6.83. The average molecular weight is 150 g/mol. The van der Waals surface area contributed by atoms with Crippen molar-refractivity contribution in [2.45, 2.75) is 13.0 Å². The third kappa shape index (κ3) is 4.28. The number of hydrogen-bond acceptors (Lipinski definition) is 2. The molecule has 0 aromatic rings. The van der Waals surface area contributed by atoms with Crippen molar-refractivity contribution >= 4 is 5.71 Å². The highest BCUT2D eigenvalue weighted by molar-refractivity contribution is 5.99. The molecule has 0 radical (unpaired) electrons. The molecule has 0 unspecified atom stereocenters. The highest BCUT2D eigenvalue weighted by Crippen LogP contribution is 1.89. The molecule has 2 N–H and O–H groups in total. The van der Waals surface area contributed by atoms with E-state index in [0.717, 1.165) is 5.71 Å². The minimum atomic E-state index is -0.0656. The molecular formula is C9H14N2. The van der Waals surface area contributed by atoms with Crippen LogP contribution in [-0.4, -0.2) is 11.8 Å². The molecule has 60 valence electrons. The van der Waals surface area contributed by atoms with Gasteiger partial charge in [-0.15, -0.1) is 0 Å². The first-order valence-electron chi connectivity index (χ1n) is 3.45. The summed E-state index contributed by atoms with van der Waals surface area (Å²) in [6.07, 6.45) is 6.78. The molecule has 0 bridgehead atoms. The maximum absolute atomic E-state index is 5.60. The van der Waals surface area contributed by atoms with E-state index in [1.54, 1.807) is 12.2 Å². The first-order valence-corrected chi connectivity index (χ1v) is 3.45. The van der Waals surface area contributed by atoms with Gasteiger partial charge in [-0.25, -0.2) is 0 Å². The molecular weight excluding hydrogens is 136 g/mol. The van der Waals surface area contributed by atoms with E-state index in [9.17, 15) is 0 Å². The smallest absolute Gasteiger partial charge is 0.0567 e. The summed E-state index contributed by atoms with van der Waals surface area (Å²) in [4.78, 5) is 3.98. The summed E-state index contributed by atoms with van der Waals surface area (Å²) in [5, 5.41) is 0. The molecule has 0 aromatic carbocycles. The Morgan fingerprint density at radius 3 is 2.55 bits per heavy atom. The molecule has 0 aliphatic heterocycles. The lowest BCUT2D eigenvalue weighted by atomic mass is 10.2. The highest BCUT2D eigenvalue weighted by Gasteiger charge is 1.97. The Morgan fingerprint density at radius 1 is 1.55 bits per heavy atom. The Balaban J connectivity index is 4.34. The van der Waals surface area contributed by atoms with Crippen molar-refractivity contribution in [1.29, 1.82) is 0 Å². The van der Waals surface area contributed by atoms with Gasteiger partial charge in [0.15, 0.2) is 0 Å². The maximum atomic E-state index is 5.60. The molecule has 0 aliphatic rings. The molecule has 0 aliphatic carbocycles. The van der Waals surface area contributed by atoms with Gasteiger partial charge in [-0.05, 0) is 13.0 Å². The van der Waals surface area contributed by atoms with E-state index in [-0.39, 0.29) is 6.04 Å². The molecule has 11 heavy (non-hydrogen) atoms. The van der Waals surface area contributed by atoms with Crippen LogP contribution in [0.5, 0.6) is 0 Å². The third-order valence-corrected chi connectivity index (χ3v) is 1.11. The van der Waals surface area contributed by atoms with E-state index in [2.05, 4.69) is 18.2 Å². The van der Waals surface area contributed by atoms with Crippen molar-refractivity contribution in [3.05, 3.63) is 37.6 Å². The molecule has 0 fully saturated rings. The van der Waals surface area contributed by atoms with Crippen LogP contribution < -0.4 is 5.73 Å². The Morgan fingerprint density at radius 2 is 2.18 bits per heavy atom. The van der Waals surface area contributed by atoms with Crippen molar-refractivity contribution < 1.29 is 0 Å². The van der Waals surface area contributed by atoms with Crippen LogP contribution in [0, 0.1) is 0 Å². The lowest BCUT2D eigenvalue weighted by Gasteiger charge is -2.02. The van der Waals surface area contributed by atoms with Crippen LogP contribution >= 0.6 is 0 Å². The fourth-order valence-electron chi connectivity index (χ4n) is 0.584. The lowest BCUT2D eigenvalue weighted by molar-refractivity contribution is 0.977. The minimum Gasteiger partial charge on any atom is -0.323 e. The second kappa shape index (κ2) is 5.62. The summed E-state index contributed by atoms with van der Waals surface area (Å²) >= 11 is 0. The van der Waals surface area contributed by atoms with Gasteiger partial charge in [-0.3, -0.25) is 4.99 Å². The Bertz CT molecular complexity index is 188. The van der Waals surface area contributed by atoms with Gasteiger partial charge in [0.1, 0.15) is 0 Å². The van der Waals surface area contributed by atoms with E-state index in [1.165, 1.54) is 6.20 Å². The molecule has 0 spiro atoms. The van der Waals surface area contributed by atoms with Crippen LogP contribution in [0.1, 0.15) is 6.92 Å². The molecule has 0 amide bonds. The van der Waals surface area contributed by atoms with Gasteiger partial charge in [0.05, 0.1) is 5.71 Å². The molecule has 0 aromatic heterocycles. The quantitative estimate of drug-likeness (QED) is 0.480. The van der Waals surface area contributed by atoms with E-state index in [0.29, 0.717) is 0 Å². The first-order chi connectivity index (χ1) is 5.22. The SMILES string of the molecule is C=C/C=C\C(=N/C=C)[C@@H](C)N. The predicted molar refractivity (Wildman–Crippen MR) is 50.6 cm³/mol. The van der Waals surface area contributed by atoms with Crippen LogP contribution in [0.3, 0.4) is 0 Å². The number of rotatable bonds is 4. The fourth-order valence-corrected chi connectivity index (χ4v) is 0.584. The molecule has 0 heterocycles. The Labute approximate surface area is 67.8 Å². The normalized spacial score (nSPS) is 14.9. The van der Waals surface area contributed by atoms with Crippen molar-refractivity contribution in [3.8, 4) is 0 Å². The molecule has 0 rings (SSSR count). The van der Waals surface area contributed by atoms with Crippen LogP contribution in [0.25, 0.3) is 0 Å². The summed E-state index contributed by atoms with van der Waals surface area (Å²) in [6.45, 7) is 8.90. The van der Waals surface area contributed by atoms with Crippen molar-refractivity contribution in [2.75, 3.05) is 0 Å². The number of aliphatic imine (C=N–C) groups is 1. The topological polar surface area (TPSA) is 38.4 Å². The fraction of sp³-hybridized carbons (Fsp3) is 0.222. The summed E-state index contributed by atoms with van der Waals surface area (Å²) in [5.74, 6) is 0. The van der Waals surface area contributed by atoms with E-state index >= 15 is 0 Å². The second-order valence-corrected chi connectivity index (χ2v) is 2.12. The van der Waals surface area contributed by atoms with Gasteiger partial charge in [-0.1, -0.05) is 25.3 Å². The van der Waals surface area contributed by atoms with Crippen LogP contribution in [0.4, 0.5) is 0 Å². The second-order valence-electron chi connectivity index (χ2n) is 2.12. The van der Waals surface area contributed by atoms with Crippen molar-refractivity contribution in [2.24, 2.45) is 10.7 Å². The van der Waals surface area contributed by atoms with Crippen molar-refractivity contribution in [1.82, 2.24) is 0 Å². The summed E-state index contributed by atoms with van der Waals surface area (Å²) < 4.78 is 0. The monoisotopic (exact) mass is 150 g/mol. The largest absolute Gasteiger partial charge is 0.323 e. The van der Waals surface area contributed by atoms with Gasteiger partial charge in [0.2, 0.25) is 0 Å². The van der Waals surface area contributed by atoms with Crippen LogP contribution in [0.2, 0.25) is 0 Å². The minimum absolute atomic E-state index is 0.0656.